The average Bonchev–Trinajstić information content (AvgIpc) is 2.31. The van der Waals surface area contributed by atoms with Crippen LogP contribution in [-0.4, -0.2) is 38.4 Å². The molecule has 0 saturated carbocycles. The minimum atomic E-state index is -0.184. The number of hydrogen-bond donors (Lipinski definition) is 0. The number of esters is 2. The van der Waals surface area contributed by atoms with Gasteiger partial charge in [-0.1, -0.05) is 6.92 Å². The van der Waals surface area contributed by atoms with E-state index in [2.05, 4.69) is 9.47 Å². The Morgan fingerprint density at radius 3 is 1.71 bits per heavy atom. The first-order valence-corrected chi connectivity index (χ1v) is 6.01. The fourth-order valence-corrected chi connectivity index (χ4v) is 0.796. The van der Waals surface area contributed by atoms with Crippen molar-refractivity contribution in [2.75, 3.05) is 26.4 Å². The molecule has 17 heavy (non-hydrogen) atoms. The molecule has 0 fully saturated rings. The smallest absolute Gasteiger partial charge is 0.308 e. The van der Waals surface area contributed by atoms with Gasteiger partial charge in [0.25, 0.3) is 0 Å². The Morgan fingerprint density at radius 2 is 1.35 bits per heavy atom. The molecule has 0 unspecified atom stereocenters. The van der Waals surface area contributed by atoms with E-state index in [1.54, 1.807) is 20.8 Å². The standard InChI is InChI=1S/C7H14O3.C5H10O2/c1-3-9-6-5-7(8)10-4-2;1-3-5(6)7-4-2/h3-6H2,1-2H3;3-4H2,1-2H3. The minimum Gasteiger partial charge on any atom is -0.466 e. The number of ether oxygens (including phenoxy) is 3. The monoisotopic (exact) mass is 248 g/mol. The zero-order valence-electron chi connectivity index (χ0n) is 11.3. The van der Waals surface area contributed by atoms with Gasteiger partial charge >= 0.3 is 11.9 Å². The summed E-state index contributed by atoms with van der Waals surface area (Å²) in [4.78, 5) is 20.8. The van der Waals surface area contributed by atoms with Crippen molar-refractivity contribution in [3.8, 4) is 0 Å². The highest BCUT2D eigenvalue weighted by Crippen LogP contribution is 1.86. The van der Waals surface area contributed by atoms with Gasteiger partial charge in [0.1, 0.15) is 0 Å². The average molecular weight is 248 g/mol. The Hall–Kier alpha value is -1.10. The van der Waals surface area contributed by atoms with E-state index in [0.29, 0.717) is 39.3 Å². The fraction of sp³-hybridized carbons (Fsp3) is 0.833. The molecule has 0 aliphatic heterocycles. The second kappa shape index (κ2) is 14.9. The summed E-state index contributed by atoms with van der Waals surface area (Å²) in [5.74, 6) is -0.307. The topological polar surface area (TPSA) is 61.8 Å². The summed E-state index contributed by atoms with van der Waals surface area (Å²) in [6.45, 7) is 9.32. The molecule has 102 valence electrons. The SMILES string of the molecule is CCOC(=O)CC.CCOCCC(=O)OCC. The maximum Gasteiger partial charge on any atom is 0.308 e. The summed E-state index contributed by atoms with van der Waals surface area (Å²) in [6, 6.07) is 0. The van der Waals surface area contributed by atoms with Crippen molar-refractivity contribution in [3.05, 3.63) is 0 Å². The number of hydrogen-bond acceptors (Lipinski definition) is 5. The van der Waals surface area contributed by atoms with Crippen molar-refractivity contribution in [1.82, 2.24) is 0 Å². The Balaban J connectivity index is 0. The van der Waals surface area contributed by atoms with Crippen molar-refractivity contribution < 1.29 is 23.8 Å². The first kappa shape index (κ1) is 18.3. The molecular formula is C12H24O5. The van der Waals surface area contributed by atoms with Crippen LogP contribution in [0.4, 0.5) is 0 Å². The van der Waals surface area contributed by atoms with Crippen molar-refractivity contribution in [3.63, 3.8) is 0 Å². The third kappa shape index (κ3) is 17.5. The van der Waals surface area contributed by atoms with Gasteiger partial charge in [-0.2, -0.15) is 0 Å². The maximum atomic E-state index is 10.6. The summed E-state index contributed by atoms with van der Waals surface area (Å²) in [5.41, 5.74) is 0. The minimum absolute atomic E-state index is 0.123. The van der Waals surface area contributed by atoms with Crippen molar-refractivity contribution >= 4 is 11.9 Å². The van der Waals surface area contributed by atoms with Crippen LogP contribution in [0.5, 0.6) is 0 Å². The van der Waals surface area contributed by atoms with Crippen LogP contribution in [0.2, 0.25) is 0 Å². The van der Waals surface area contributed by atoms with E-state index in [-0.39, 0.29) is 11.9 Å². The normalized spacial score (nSPS) is 8.94. The van der Waals surface area contributed by atoms with Crippen LogP contribution in [0.15, 0.2) is 0 Å². The first-order valence-electron chi connectivity index (χ1n) is 6.01. The van der Waals surface area contributed by atoms with E-state index in [1.165, 1.54) is 0 Å². The molecular weight excluding hydrogens is 224 g/mol. The molecule has 0 aromatic heterocycles. The van der Waals surface area contributed by atoms with E-state index in [0.717, 1.165) is 0 Å². The highest BCUT2D eigenvalue weighted by molar-refractivity contribution is 5.69. The van der Waals surface area contributed by atoms with E-state index < -0.39 is 0 Å². The second-order valence-corrected chi connectivity index (χ2v) is 2.91. The largest absolute Gasteiger partial charge is 0.466 e. The fourth-order valence-electron chi connectivity index (χ4n) is 0.796. The van der Waals surface area contributed by atoms with Gasteiger partial charge in [0.05, 0.1) is 26.2 Å². The van der Waals surface area contributed by atoms with Crippen molar-refractivity contribution in [2.45, 2.75) is 40.5 Å². The highest BCUT2D eigenvalue weighted by atomic mass is 16.5. The molecule has 0 spiro atoms. The summed E-state index contributed by atoms with van der Waals surface area (Å²) in [7, 11) is 0. The Kier molecular flexibility index (Phi) is 16.0. The second-order valence-electron chi connectivity index (χ2n) is 2.91. The molecule has 5 heteroatoms. The summed E-state index contributed by atoms with van der Waals surface area (Å²) in [6.07, 6.45) is 0.843. The first-order chi connectivity index (χ1) is 8.12. The van der Waals surface area contributed by atoms with E-state index in [9.17, 15) is 9.59 Å². The Bertz CT molecular complexity index is 191. The Morgan fingerprint density at radius 1 is 0.824 bits per heavy atom. The van der Waals surface area contributed by atoms with Crippen LogP contribution < -0.4 is 0 Å². The van der Waals surface area contributed by atoms with Gasteiger partial charge in [-0.15, -0.1) is 0 Å². The van der Waals surface area contributed by atoms with Crippen LogP contribution in [0.3, 0.4) is 0 Å². The molecule has 5 nitrogen and oxygen atoms in total. The third-order valence-electron chi connectivity index (χ3n) is 1.55. The molecule has 0 aliphatic carbocycles. The van der Waals surface area contributed by atoms with Crippen LogP contribution in [-0.2, 0) is 23.8 Å². The molecule has 0 bridgehead atoms. The third-order valence-corrected chi connectivity index (χ3v) is 1.55. The Labute approximate surface area is 103 Å². The van der Waals surface area contributed by atoms with Gasteiger partial charge < -0.3 is 14.2 Å². The van der Waals surface area contributed by atoms with Crippen molar-refractivity contribution in [2.24, 2.45) is 0 Å². The highest BCUT2D eigenvalue weighted by Gasteiger charge is 1.98. The van der Waals surface area contributed by atoms with Gasteiger partial charge in [0, 0.05) is 13.0 Å². The van der Waals surface area contributed by atoms with E-state index in [1.807, 2.05) is 6.92 Å². The lowest BCUT2D eigenvalue weighted by atomic mass is 10.5. The van der Waals surface area contributed by atoms with Gasteiger partial charge in [0.2, 0.25) is 0 Å². The lowest BCUT2D eigenvalue weighted by Crippen LogP contribution is -2.07. The summed E-state index contributed by atoms with van der Waals surface area (Å²) < 4.78 is 14.2. The van der Waals surface area contributed by atoms with Gasteiger partial charge in [-0.05, 0) is 20.8 Å². The van der Waals surface area contributed by atoms with E-state index >= 15 is 0 Å². The lowest BCUT2D eigenvalue weighted by Gasteiger charge is -2.00. The van der Waals surface area contributed by atoms with Crippen LogP contribution >= 0.6 is 0 Å². The molecule has 0 aromatic carbocycles. The zero-order valence-corrected chi connectivity index (χ0v) is 11.3. The van der Waals surface area contributed by atoms with Gasteiger partial charge in [-0.25, -0.2) is 0 Å². The van der Waals surface area contributed by atoms with Crippen LogP contribution in [0.25, 0.3) is 0 Å². The molecule has 0 N–H and O–H groups in total. The maximum absolute atomic E-state index is 10.6. The van der Waals surface area contributed by atoms with Gasteiger partial charge in [0.15, 0.2) is 0 Å². The van der Waals surface area contributed by atoms with E-state index in [4.69, 9.17) is 4.74 Å². The molecule has 0 aliphatic rings. The molecule has 0 radical (unpaired) electrons. The predicted molar refractivity (Wildman–Crippen MR) is 64.7 cm³/mol. The predicted octanol–water partition coefficient (Wildman–Crippen LogP) is 1.94. The number of rotatable bonds is 7. The summed E-state index contributed by atoms with van der Waals surface area (Å²) in [5, 5.41) is 0. The number of carbonyl (C=O) groups is 2. The number of carbonyl (C=O) groups excluding carboxylic acids is 2. The van der Waals surface area contributed by atoms with Crippen LogP contribution in [0, 0.1) is 0 Å². The molecule has 0 rings (SSSR count). The molecule has 0 aromatic rings. The molecule has 0 saturated heterocycles. The molecule has 0 atom stereocenters. The quantitative estimate of drug-likeness (QED) is 0.509. The molecule has 0 amide bonds. The lowest BCUT2D eigenvalue weighted by molar-refractivity contribution is -0.144. The van der Waals surface area contributed by atoms with Crippen LogP contribution in [0.1, 0.15) is 40.5 Å². The zero-order chi connectivity index (χ0) is 13.5. The summed E-state index contributed by atoms with van der Waals surface area (Å²) >= 11 is 0. The van der Waals surface area contributed by atoms with Crippen molar-refractivity contribution in [1.29, 1.82) is 0 Å². The van der Waals surface area contributed by atoms with Gasteiger partial charge in [-0.3, -0.25) is 9.59 Å². The molecule has 0 heterocycles.